The summed E-state index contributed by atoms with van der Waals surface area (Å²) in [5, 5.41) is 11.7. The maximum Gasteiger partial charge on any atom is 0.325 e. The van der Waals surface area contributed by atoms with Crippen LogP contribution in [0, 0.1) is 11.3 Å². The van der Waals surface area contributed by atoms with Gasteiger partial charge in [0.05, 0.1) is 11.6 Å². The first kappa shape index (κ1) is 17.2. The third kappa shape index (κ3) is 3.56. The molecule has 2 aliphatic heterocycles. The predicted molar refractivity (Wildman–Crippen MR) is 91.9 cm³/mol. The summed E-state index contributed by atoms with van der Waals surface area (Å²) in [5.74, 6) is 0.642. The zero-order chi connectivity index (χ0) is 18.0. The Hall–Kier alpha value is -2.66. The van der Waals surface area contributed by atoms with Crippen LogP contribution >= 0.6 is 0 Å². The number of aromatic nitrogens is 1. The highest BCUT2D eigenvalue weighted by atomic mass is 16.2. The van der Waals surface area contributed by atoms with Gasteiger partial charge in [0, 0.05) is 45.5 Å². The van der Waals surface area contributed by atoms with Crippen molar-refractivity contribution in [3.63, 3.8) is 0 Å². The number of piperazine rings is 1. The predicted octanol–water partition coefficient (Wildman–Crippen LogP) is 0.406. The van der Waals surface area contributed by atoms with Crippen LogP contribution in [0.3, 0.4) is 0 Å². The van der Waals surface area contributed by atoms with E-state index in [1.165, 1.54) is 4.90 Å². The third-order valence-corrected chi connectivity index (χ3v) is 4.66. The zero-order valence-corrected chi connectivity index (χ0v) is 14.5. The molecule has 3 amide bonds. The van der Waals surface area contributed by atoms with Crippen LogP contribution in [0.4, 0.5) is 10.6 Å². The second-order valence-electron chi connectivity index (χ2n) is 6.86. The number of carbonyl (C=O) groups excluding carboxylic acids is 2. The summed E-state index contributed by atoms with van der Waals surface area (Å²) in [6, 6.07) is 5.31. The normalized spacial score (nSPS) is 20.5. The van der Waals surface area contributed by atoms with E-state index in [1.54, 1.807) is 32.2 Å². The van der Waals surface area contributed by atoms with Gasteiger partial charge in [0.15, 0.2) is 0 Å². The molecule has 1 N–H and O–H groups in total. The third-order valence-electron chi connectivity index (χ3n) is 4.66. The van der Waals surface area contributed by atoms with E-state index in [4.69, 9.17) is 5.26 Å². The largest absolute Gasteiger partial charge is 0.354 e. The van der Waals surface area contributed by atoms with E-state index in [9.17, 15) is 9.59 Å². The monoisotopic (exact) mass is 342 g/mol. The number of urea groups is 1. The lowest BCUT2D eigenvalue weighted by molar-refractivity contribution is -0.130. The standard InChI is InChI=1S/C17H22N6O2/c1-17(2)15(24)23(16(25)20-17)10-7-21-5-8-22(9-6-21)14-11-13(12-18)3-4-19-14/h3-4,11H,5-10H2,1-2H3,(H,20,25). The quantitative estimate of drug-likeness (QED) is 0.797. The highest BCUT2D eigenvalue weighted by Gasteiger charge is 2.44. The SMILES string of the molecule is CC1(C)NC(=O)N(CCN2CCN(c3cc(C#N)ccn3)CC2)C1=O. The first-order valence-electron chi connectivity index (χ1n) is 8.38. The van der Waals surface area contributed by atoms with Crippen LogP contribution in [0.5, 0.6) is 0 Å². The van der Waals surface area contributed by atoms with Crippen LogP contribution in [0.25, 0.3) is 0 Å². The summed E-state index contributed by atoms with van der Waals surface area (Å²) >= 11 is 0. The lowest BCUT2D eigenvalue weighted by Crippen LogP contribution is -2.49. The van der Waals surface area contributed by atoms with Gasteiger partial charge in [-0.1, -0.05) is 0 Å². The molecule has 1 aromatic rings. The van der Waals surface area contributed by atoms with Crippen molar-refractivity contribution in [3.05, 3.63) is 23.9 Å². The molecule has 2 saturated heterocycles. The van der Waals surface area contributed by atoms with E-state index in [2.05, 4.69) is 26.2 Å². The van der Waals surface area contributed by atoms with Crippen LogP contribution < -0.4 is 10.2 Å². The van der Waals surface area contributed by atoms with E-state index in [1.807, 2.05) is 0 Å². The van der Waals surface area contributed by atoms with Gasteiger partial charge < -0.3 is 10.2 Å². The molecule has 3 heterocycles. The zero-order valence-electron chi connectivity index (χ0n) is 14.5. The Morgan fingerprint density at radius 1 is 1.24 bits per heavy atom. The lowest BCUT2D eigenvalue weighted by Gasteiger charge is -2.35. The highest BCUT2D eigenvalue weighted by Crippen LogP contribution is 2.17. The number of hydrogen-bond acceptors (Lipinski definition) is 6. The molecular formula is C17H22N6O2. The number of carbonyl (C=O) groups is 2. The molecular weight excluding hydrogens is 320 g/mol. The minimum Gasteiger partial charge on any atom is -0.354 e. The Labute approximate surface area is 147 Å². The fourth-order valence-electron chi connectivity index (χ4n) is 3.12. The molecule has 132 valence electrons. The Kier molecular flexibility index (Phi) is 4.59. The van der Waals surface area contributed by atoms with Crippen molar-refractivity contribution < 1.29 is 9.59 Å². The number of nitriles is 1. The van der Waals surface area contributed by atoms with Gasteiger partial charge in [0.2, 0.25) is 0 Å². The summed E-state index contributed by atoms with van der Waals surface area (Å²) in [7, 11) is 0. The molecule has 1 aromatic heterocycles. The topological polar surface area (TPSA) is 92.6 Å². The number of nitrogens with one attached hydrogen (secondary N) is 1. The molecule has 8 heteroatoms. The van der Waals surface area contributed by atoms with E-state index >= 15 is 0 Å². The second kappa shape index (κ2) is 6.69. The van der Waals surface area contributed by atoms with Crippen molar-refractivity contribution in [2.45, 2.75) is 19.4 Å². The fourth-order valence-corrected chi connectivity index (χ4v) is 3.12. The lowest BCUT2D eigenvalue weighted by atomic mass is 10.1. The molecule has 0 radical (unpaired) electrons. The number of hydrogen-bond donors (Lipinski definition) is 1. The van der Waals surface area contributed by atoms with Crippen molar-refractivity contribution in [2.24, 2.45) is 0 Å². The second-order valence-corrected chi connectivity index (χ2v) is 6.86. The Morgan fingerprint density at radius 3 is 2.56 bits per heavy atom. The van der Waals surface area contributed by atoms with Crippen molar-refractivity contribution in [1.29, 1.82) is 5.26 Å². The van der Waals surface area contributed by atoms with Crippen molar-refractivity contribution in [3.8, 4) is 6.07 Å². The molecule has 0 saturated carbocycles. The number of amides is 3. The van der Waals surface area contributed by atoms with Gasteiger partial charge in [-0.3, -0.25) is 14.6 Å². The molecule has 2 fully saturated rings. The fraction of sp³-hybridized carbons (Fsp3) is 0.529. The van der Waals surface area contributed by atoms with Crippen molar-refractivity contribution in [1.82, 2.24) is 20.1 Å². The number of imide groups is 1. The summed E-state index contributed by atoms with van der Waals surface area (Å²) in [4.78, 5) is 34.1. The summed E-state index contributed by atoms with van der Waals surface area (Å²) in [6.45, 7) is 7.74. The minimum absolute atomic E-state index is 0.173. The van der Waals surface area contributed by atoms with Gasteiger partial charge in [-0.25, -0.2) is 9.78 Å². The van der Waals surface area contributed by atoms with Crippen LogP contribution in [-0.4, -0.2) is 71.5 Å². The summed E-state index contributed by atoms with van der Waals surface area (Å²) < 4.78 is 0. The Bertz CT molecular complexity index is 718. The van der Waals surface area contributed by atoms with Gasteiger partial charge in [0.1, 0.15) is 11.4 Å². The first-order valence-corrected chi connectivity index (χ1v) is 8.38. The number of anilines is 1. The molecule has 2 aliphatic rings. The summed E-state index contributed by atoms with van der Waals surface area (Å²) in [6.07, 6.45) is 1.65. The number of nitrogens with zero attached hydrogens (tertiary/aromatic N) is 5. The maximum atomic E-state index is 12.2. The molecule has 0 spiro atoms. The van der Waals surface area contributed by atoms with E-state index in [0.29, 0.717) is 18.7 Å². The molecule has 0 aliphatic carbocycles. The van der Waals surface area contributed by atoms with Crippen molar-refractivity contribution >= 4 is 17.8 Å². The number of rotatable bonds is 4. The molecule has 0 bridgehead atoms. The number of pyridine rings is 1. The van der Waals surface area contributed by atoms with Crippen LogP contribution in [0.1, 0.15) is 19.4 Å². The minimum atomic E-state index is -0.812. The Balaban J connectivity index is 1.51. The van der Waals surface area contributed by atoms with Gasteiger partial charge in [-0.05, 0) is 26.0 Å². The van der Waals surface area contributed by atoms with E-state index in [0.717, 1.165) is 32.0 Å². The average molecular weight is 342 g/mol. The Morgan fingerprint density at radius 2 is 1.96 bits per heavy atom. The van der Waals surface area contributed by atoms with Gasteiger partial charge in [-0.15, -0.1) is 0 Å². The van der Waals surface area contributed by atoms with E-state index in [-0.39, 0.29) is 11.9 Å². The van der Waals surface area contributed by atoms with Crippen molar-refractivity contribution in [2.75, 3.05) is 44.2 Å². The molecule has 3 rings (SSSR count). The van der Waals surface area contributed by atoms with Crippen LogP contribution in [0.15, 0.2) is 18.3 Å². The summed E-state index contributed by atoms with van der Waals surface area (Å²) in [5.41, 5.74) is -0.207. The average Bonchev–Trinajstić information content (AvgIpc) is 2.81. The highest BCUT2D eigenvalue weighted by molar-refractivity contribution is 6.06. The van der Waals surface area contributed by atoms with Gasteiger partial charge in [-0.2, -0.15) is 5.26 Å². The van der Waals surface area contributed by atoms with Crippen LogP contribution in [-0.2, 0) is 4.79 Å². The molecule has 25 heavy (non-hydrogen) atoms. The van der Waals surface area contributed by atoms with Gasteiger partial charge >= 0.3 is 6.03 Å². The molecule has 0 atom stereocenters. The molecule has 0 unspecified atom stereocenters. The first-order chi connectivity index (χ1) is 11.9. The van der Waals surface area contributed by atoms with Crippen LogP contribution in [0.2, 0.25) is 0 Å². The van der Waals surface area contributed by atoms with Gasteiger partial charge in [0.25, 0.3) is 5.91 Å². The smallest absolute Gasteiger partial charge is 0.325 e. The van der Waals surface area contributed by atoms with E-state index < -0.39 is 5.54 Å². The maximum absolute atomic E-state index is 12.2. The molecule has 8 nitrogen and oxygen atoms in total. The molecule has 0 aromatic carbocycles.